The number of nitrogens with one attached hydrogen (secondary N) is 1. The zero-order valence-corrected chi connectivity index (χ0v) is 14.6. The van der Waals surface area contributed by atoms with Crippen molar-refractivity contribution < 1.29 is 0 Å². The number of hydrogen-bond acceptors (Lipinski definition) is 3. The summed E-state index contributed by atoms with van der Waals surface area (Å²) in [6.45, 7) is 6.21. The van der Waals surface area contributed by atoms with Crippen molar-refractivity contribution in [3.8, 4) is 0 Å². The molecule has 0 aliphatic heterocycles. The highest BCUT2D eigenvalue weighted by molar-refractivity contribution is 5.91. The van der Waals surface area contributed by atoms with Gasteiger partial charge in [-0.15, -0.1) is 0 Å². The summed E-state index contributed by atoms with van der Waals surface area (Å²) in [6, 6.07) is 4.68. The Balaban J connectivity index is 1.94. The lowest BCUT2D eigenvalue weighted by atomic mass is 10.1. The van der Waals surface area contributed by atoms with Gasteiger partial charge >= 0.3 is 0 Å². The molecule has 126 valence electrons. The molecule has 0 bridgehead atoms. The number of nitrogens with zero attached hydrogens (tertiary/aromatic N) is 3. The second-order valence-corrected chi connectivity index (χ2v) is 7.20. The minimum atomic E-state index is -0.0929. The fraction of sp³-hybridized carbons (Fsp3) is 0.526. The summed E-state index contributed by atoms with van der Waals surface area (Å²) in [5, 5.41) is 0. The minimum Gasteiger partial charge on any atom is -0.325 e. The van der Waals surface area contributed by atoms with Gasteiger partial charge in [-0.25, -0.2) is 9.97 Å². The van der Waals surface area contributed by atoms with Crippen LogP contribution < -0.4 is 5.56 Å². The zero-order valence-electron chi connectivity index (χ0n) is 14.6. The van der Waals surface area contributed by atoms with Crippen molar-refractivity contribution in [2.24, 2.45) is 0 Å². The molecule has 1 aliphatic carbocycles. The van der Waals surface area contributed by atoms with Crippen LogP contribution >= 0.6 is 0 Å². The quantitative estimate of drug-likeness (QED) is 0.769. The highest BCUT2D eigenvalue weighted by atomic mass is 16.1. The van der Waals surface area contributed by atoms with Crippen LogP contribution in [0, 0.1) is 0 Å². The summed E-state index contributed by atoms with van der Waals surface area (Å²) < 4.78 is 2.41. The molecule has 0 radical (unpaired) electrons. The molecule has 0 saturated heterocycles. The molecule has 1 saturated carbocycles. The van der Waals surface area contributed by atoms with Crippen LogP contribution in [0.25, 0.3) is 22.1 Å². The lowest BCUT2D eigenvalue weighted by Crippen LogP contribution is -2.16. The summed E-state index contributed by atoms with van der Waals surface area (Å²) >= 11 is 0. The first-order valence-electron chi connectivity index (χ1n) is 9.03. The highest BCUT2D eigenvalue weighted by Crippen LogP contribution is 2.39. The van der Waals surface area contributed by atoms with Crippen molar-refractivity contribution in [1.82, 2.24) is 19.5 Å². The van der Waals surface area contributed by atoms with Crippen LogP contribution in [0.3, 0.4) is 0 Å². The monoisotopic (exact) mass is 324 g/mol. The summed E-state index contributed by atoms with van der Waals surface area (Å²) in [6.07, 6.45) is 5.81. The first-order chi connectivity index (χ1) is 11.6. The molecule has 5 heteroatoms. The predicted octanol–water partition coefficient (Wildman–Crippen LogP) is 4.07. The first-order valence-corrected chi connectivity index (χ1v) is 9.03. The molecule has 4 rings (SSSR count). The number of imidazole rings is 1. The molecular formula is C19H24N4O. The van der Waals surface area contributed by atoms with E-state index in [1.165, 1.54) is 25.1 Å². The Morgan fingerprint density at radius 2 is 2.04 bits per heavy atom. The first kappa shape index (κ1) is 15.4. The summed E-state index contributed by atoms with van der Waals surface area (Å²) in [4.78, 5) is 24.7. The van der Waals surface area contributed by atoms with Crippen LogP contribution in [0.1, 0.15) is 69.9 Å². The van der Waals surface area contributed by atoms with E-state index in [0.717, 1.165) is 34.9 Å². The van der Waals surface area contributed by atoms with Crippen LogP contribution in [0.2, 0.25) is 0 Å². The number of aryl methyl sites for hydroxylation is 1. The standard InChI is InChI=1S/C19H24N4O/c1-4-5-6-17-20-15-9-13-14(10-16(15)23(17)12-7-8-12)21-18(11(2)3)19(24)22-13/h9-12H,4-8H2,1-3H3,(H,22,24). The lowest BCUT2D eigenvalue weighted by Gasteiger charge is -2.08. The van der Waals surface area contributed by atoms with Crippen molar-refractivity contribution in [3.63, 3.8) is 0 Å². The second kappa shape index (κ2) is 5.72. The van der Waals surface area contributed by atoms with E-state index in [1.54, 1.807) is 0 Å². The van der Waals surface area contributed by atoms with E-state index in [1.807, 2.05) is 19.9 Å². The van der Waals surface area contributed by atoms with Gasteiger partial charge in [-0.2, -0.15) is 0 Å². The van der Waals surface area contributed by atoms with Crippen LogP contribution in [0.5, 0.6) is 0 Å². The molecule has 1 aliphatic rings. The SMILES string of the molecule is CCCCc1nc2cc3[nH]c(=O)c(C(C)C)nc3cc2n1C1CC1. The van der Waals surface area contributed by atoms with Gasteiger partial charge in [0.15, 0.2) is 0 Å². The van der Waals surface area contributed by atoms with Crippen LogP contribution in [0.4, 0.5) is 0 Å². The molecule has 1 N–H and O–H groups in total. The minimum absolute atomic E-state index is 0.0929. The maximum Gasteiger partial charge on any atom is 0.270 e. The number of fused-ring (bicyclic) bond motifs is 2. The third-order valence-electron chi connectivity index (χ3n) is 4.81. The van der Waals surface area contributed by atoms with Gasteiger partial charge in [0.1, 0.15) is 11.5 Å². The number of benzene rings is 1. The Morgan fingerprint density at radius 3 is 2.71 bits per heavy atom. The topological polar surface area (TPSA) is 63.6 Å². The van der Waals surface area contributed by atoms with Gasteiger partial charge in [0.25, 0.3) is 5.56 Å². The van der Waals surface area contributed by atoms with E-state index in [0.29, 0.717) is 11.7 Å². The molecule has 0 amide bonds. The third kappa shape index (κ3) is 2.52. The third-order valence-corrected chi connectivity index (χ3v) is 4.81. The van der Waals surface area contributed by atoms with Gasteiger partial charge in [-0.1, -0.05) is 27.2 Å². The average Bonchev–Trinajstić information content (AvgIpc) is 3.31. The summed E-state index contributed by atoms with van der Waals surface area (Å²) in [5.74, 6) is 1.29. The predicted molar refractivity (Wildman–Crippen MR) is 96.6 cm³/mol. The van der Waals surface area contributed by atoms with Gasteiger partial charge in [-0.3, -0.25) is 4.79 Å². The van der Waals surface area contributed by atoms with Gasteiger partial charge in [-0.05, 0) is 31.4 Å². The molecule has 0 spiro atoms. The summed E-state index contributed by atoms with van der Waals surface area (Å²) in [5.41, 5.74) is 4.27. The lowest BCUT2D eigenvalue weighted by molar-refractivity contribution is 0.664. The molecule has 0 atom stereocenters. The van der Waals surface area contributed by atoms with E-state index in [2.05, 4.69) is 27.5 Å². The zero-order chi connectivity index (χ0) is 16.8. The largest absolute Gasteiger partial charge is 0.325 e. The Labute approximate surface area is 141 Å². The number of hydrogen-bond donors (Lipinski definition) is 1. The van der Waals surface area contributed by atoms with Crippen molar-refractivity contribution in [2.45, 2.75) is 64.8 Å². The number of aromatic amines is 1. The normalized spacial score (nSPS) is 15.0. The van der Waals surface area contributed by atoms with Crippen LogP contribution in [0.15, 0.2) is 16.9 Å². The Kier molecular flexibility index (Phi) is 3.66. The smallest absolute Gasteiger partial charge is 0.270 e. The number of H-pyrrole nitrogens is 1. The molecule has 1 fully saturated rings. The molecule has 1 aromatic carbocycles. The maximum absolute atomic E-state index is 12.2. The molecule has 2 heterocycles. The van der Waals surface area contributed by atoms with Gasteiger partial charge in [0.05, 0.1) is 22.1 Å². The van der Waals surface area contributed by atoms with Gasteiger partial charge in [0, 0.05) is 18.4 Å². The summed E-state index contributed by atoms with van der Waals surface area (Å²) in [7, 11) is 0. The van der Waals surface area contributed by atoms with Crippen LogP contribution in [-0.4, -0.2) is 19.5 Å². The maximum atomic E-state index is 12.2. The van der Waals surface area contributed by atoms with Crippen LogP contribution in [-0.2, 0) is 6.42 Å². The van der Waals surface area contributed by atoms with E-state index < -0.39 is 0 Å². The van der Waals surface area contributed by atoms with Crippen molar-refractivity contribution >= 4 is 22.1 Å². The van der Waals surface area contributed by atoms with Crippen molar-refractivity contribution in [3.05, 3.63) is 34.0 Å². The number of rotatable bonds is 5. The Morgan fingerprint density at radius 1 is 1.25 bits per heavy atom. The Hall–Kier alpha value is -2.17. The number of aromatic nitrogens is 4. The van der Waals surface area contributed by atoms with E-state index >= 15 is 0 Å². The Bertz CT molecular complexity index is 963. The highest BCUT2D eigenvalue weighted by Gasteiger charge is 2.28. The van der Waals surface area contributed by atoms with E-state index in [4.69, 9.17) is 4.98 Å². The fourth-order valence-corrected chi connectivity index (χ4v) is 3.38. The van der Waals surface area contributed by atoms with Gasteiger partial charge in [0.2, 0.25) is 0 Å². The van der Waals surface area contributed by atoms with E-state index in [-0.39, 0.29) is 11.5 Å². The van der Waals surface area contributed by atoms with E-state index in [9.17, 15) is 4.79 Å². The van der Waals surface area contributed by atoms with Crippen molar-refractivity contribution in [1.29, 1.82) is 0 Å². The van der Waals surface area contributed by atoms with Crippen molar-refractivity contribution in [2.75, 3.05) is 0 Å². The average molecular weight is 324 g/mol. The number of unbranched alkanes of at least 4 members (excludes halogenated alkanes) is 1. The molecule has 24 heavy (non-hydrogen) atoms. The molecule has 0 unspecified atom stereocenters. The molecule has 2 aromatic heterocycles. The molecular weight excluding hydrogens is 300 g/mol. The fourth-order valence-electron chi connectivity index (χ4n) is 3.38. The van der Waals surface area contributed by atoms with Gasteiger partial charge < -0.3 is 9.55 Å². The molecule has 3 aromatic rings. The molecule has 5 nitrogen and oxygen atoms in total. The second-order valence-electron chi connectivity index (χ2n) is 7.20.